The number of nitrogens with one attached hydrogen (secondary N) is 1. The molecule has 1 heterocycles. The maximum absolute atomic E-state index is 5.79. The summed E-state index contributed by atoms with van der Waals surface area (Å²) >= 11 is 0. The molecular formula is C12H17NO. The molecule has 0 atom stereocenters. The van der Waals surface area contributed by atoms with E-state index in [9.17, 15) is 0 Å². The van der Waals surface area contributed by atoms with E-state index in [4.69, 9.17) is 4.74 Å². The third kappa shape index (κ3) is 2.07. The maximum Gasteiger partial charge on any atom is 0.122 e. The van der Waals surface area contributed by atoms with E-state index in [1.165, 1.54) is 5.56 Å². The van der Waals surface area contributed by atoms with E-state index in [0.29, 0.717) is 5.92 Å². The molecule has 14 heavy (non-hydrogen) atoms. The van der Waals surface area contributed by atoms with Crippen LogP contribution in [0, 0.1) is 5.92 Å². The van der Waals surface area contributed by atoms with E-state index in [0.717, 1.165) is 31.9 Å². The van der Waals surface area contributed by atoms with Crippen LogP contribution in [-0.4, -0.2) is 19.7 Å². The average Bonchev–Trinajstić information content (AvgIpc) is 2.16. The van der Waals surface area contributed by atoms with Gasteiger partial charge in [-0.15, -0.1) is 0 Å². The molecule has 1 fully saturated rings. The molecule has 1 saturated heterocycles. The highest BCUT2D eigenvalue weighted by Crippen LogP contribution is 2.19. The average molecular weight is 191 g/mol. The first-order chi connectivity index (χ1) is 6.90. The van der Waals surface area contributed by atoms with Crippen molar-refractivity contribution in [3.63, 3.8) is 0 Å². The number of ether oxygens (including phenoxy) is 1. The Morgan fingerprint density at radius 3 is 2.79 bits per heavy atom. The van der Waals surface area contributed by atoms with Gasteiger partial charge in [0.15, 0.2) is 0 Å². The number of benzene rings is 1. The molecule has 0 bridgehead atoms. The zero-order valence-corrected chi connectivity index (χ0v) is 8.62. The molecule has 2 heteroatoms. The van der Waals surface area contributed by atoms with Crippen LogP contribution in [0.4, 0.5) is 0 Å². The predicted molar refractivity (Wildman–Crippen MR) is 57.7 cm³/mol. The van der Waals surface area contributed by atoms with Crippen molar-refractivity contribution in [2.45, 2.75) is 13.3 Å². The van der Waals surface area contributed by atoms with Gasteiger partial charge < -0.3 is 10.1 Å². The Hall–Kier alpha value is -1.02. The summed E-state index contributed by atoms with van der Waals surface area (Å²) < 4.78 is 5.79. The Balaban J connectivity index is 1.93. The fraction of sp³-hybridized carbons (Fsp3) is 0.500. The first-order valence-electron chi connectivity index (χ1n) is 5.31. The van der Waals surface area contributed by atoms with Crippen LogP contribution in [0.3, 0.4) is 0 Å². The minimum atomic E-state index is 0.708. The second-order valence-corrected chi connectivity index (χ2v) is 3.80. The summed E-state index contributed by atoms with van der Waals surface area (Å²) in [5, 5.41) is 3.25. The third-order valence-electron chi connectivity index (χ3n) is 2.69. The molecule has 0 aliphatic carbocycles. The lowest BCUT2D eigenvalue weighted by Gasteiger charge is -2.27. The fourth-order valence-corrected chi connectivity index (χ4v) is 1.61. The number of aryl methyl sites for hydroxylation is 1. The van der Waals surface area contributed by atoms with Crippen LogP contribution in [0.2, 0.25) is 0 Å². The molecule has 0 unspecified atom stereocenters. The minimum Gasteiger partial charge on any atom is -0.493 e. The highest BCUT2D eigenvalue weighted by Gasteiger charge is 2.17. The molecule has 76 valence electrons. The minimum absolute atomic E-state index is 0.708. The van der Waals surface area contributed by atoms with Gasteiger partial charge in [-0.1, -0.05) is 25.1 Å². The van der Waals surface area contributed by atoms with Gasteiger partial charge in [-0.3, -0.25) is 0 Å². The molecule has 2 rings (SSSR count). The largest absolute Gasteiger partial charge is 0.493 e. The lowest BCUT2D eigenvalue weighted by atomic mass is 10.1. The fourth-order valence-electron chi connectivity index (χ4n) is 1.61. The zero-order valence-electron chi connectivity index (χ0n) is 8.62. The Kier molecular flexibility index (Phi) is 3.04. The maximum atomic E-state index is 5.79. The first kappa shape index (κ1) is 9.53. The number of hydrogen-bond donors (Lipinski definition) is 1. The van der Waals surface area contributed by atoms with E-state index in [1.54, 1.807) is 0 Å². The van der Waals surface area contributed by atoms with Gasteiger partial charge in [-0.25, -0.2) is 0 Å². The topological polar surface area (TPSA) is 21.3 Å². The molecule has 1 aromatic rings. The van der Waals surface area contributed by atoms with Crippen molar-refractivity contribution in [3.8, 4) is 5.75 Å². The quantitative estimate of drug-likeness (QED) is 0.784. The molecule has 1 aliphatic rings. The summed E-state index contributed by atoms with van der Waals surface area (Å²) in [7, 11) is 0. The van der Waals surface area contributed by atoms with Crippen molar-refractivity contribution in [2.75, 3.05) is 19.7 Å². The van der Waals surface area contributed by atoms with Crippen molar-refractivity contribution in [1.29, 1.82) is 0 Å². The molecule has 1 aliphatic heterocycles. The molecule has 1 N–H and O–H groups in total. The van der Waals surface area contributed by atoms with Gasteiger partial charge in [0.05, 0.1) is 6.61 Å². The van der Waals surface area contributed by atoms with Gasteiger partial charge in [0, 0.05) is 19.0 Å². The van der Waals surface area contributed by atoms with Crippen LogP contribution < -0.4 is 10.1 Å². The Morgan fingerprint density at radius 1 is 1.36 bits per heavy atom. The highest BCUT2D eigenvalue weighted by atomic mass is 16.5. The van der Waals surface area contributed by atoms with E-state index < -0.39 is 0 Å². The van der Waals surface area contributed by atoms with Crippen LogP contribution in [-0.2, 0) is 6.42 Å². The van der Waals surface area contributed by atoms with Crippen LogP contribution in [0.1, 0.15) is 12.5 Å². The molecule has 0 radical (unpaired) electrons. The summed E-state index contributed by atoms with van der Waals surface area (Å²) in [5.41, 5.74) is 1.31. The highest BCUT2D eigenvalue weighted by molar-refractivity contribution is 5.33. The van der Waals surface area contributed by atoms with Crippen LogP contribution >= 0.6 is 0 Å². The second-order valence-electron chi connectivity index (χ2n) is 3.80. The zero-order chi connectivity index (χ0) is 9.80. The molecule has 0 aromatic heterocycles. The van der Waals surface area contributed by atoms with Gasteiger partial charge >= 0.3 is 0 Å². The summed E-state index contributed by atoms with van der Waals surface area (Å²) in [5.74, 6) is 1.77. The van der Waals surface area contributed by atoms with Gasteiger partial charge in [0.1, 0.15) is 5.75 Å². The SMILES string of the molecule is CCc1ccccc1OCC1CNC1. The summed E-state index contributed by atoms with van der Waals surface area (Å²) in [6.07, 6.45) is 1.04. The molecule has 2 nitrogen and oxygen atoms in total. The normalized spacial score (nSPS) is 16.4. The summed E-state index contributed by atoms with van der Waals surface area (Å²) in [4.78, 5) is 0. The molecule has 0 spiro atoms. The van der Waals surface area contributed by atoms with Crippen molar-refractivity contribution >= 4 is 0 Å². The van der Waals surface area contributed by atoms with Gasteiger partial charge in [0.25, 0.3) is 0 Å². The Morgan fingerprint density at radius 2 is 2.14 bits per heavy atom. The number of para-hydroxylation sites is 1. The smallest absolute Gasteiger partial charge is 0.122 e. The van der Waals surface area contributed by atoms with Gasteiger partial charge in [-0.2, -0.15) is 0 Å². The summed E-state index contributed by atoms with van der Waals surface area (Å²) in [6.45, 7) is 5.22. The lowest BCUT2D eigenvalue weighted by Crippen LogP contribution is -2.45. The first-order valence-corrected chi connectivity index (χ1v) is 5.31. The number of rotatable bonds is 4. The van der Waals surface area contributed by atoms with Gasteiger partial charge in [-0.05, 0) is 18.1 Å². The Labute approximate surface area is 85.3 Å². The van der Waals surface area contributed by atoms with Crippen molar-refractivity contribution in [1.82, 2.24) is 5.32 Å². The second kappa shape index (κ2) is 4.47. The number of hydrogen-bond acceptors (Lipinski definition) is 2. The van der Waals surface area contributed by atoms with Crippen LogP contribution in [0.25, 0.3) is 0 Å². The van der Waals surface area contributed by atoms with Crippen LogP contribution in [0.5, 0.6) is 5.75 Å². The molecule has 0 saturated carbocycles. The monoisotopic (exact) mass is 191 g/mol. The van der Waals surface area contributed by atoms with E-state index >= 15 is 0 Å². The summed E-state index contributed by atoms with van der Waals surface area (Å²) in [6, 6.07) is 8.30. The molecular weight excluding hydrogens is 174 g/mol. The predicted octanol–water partition coefficient (Wildman–Crippen LogP) is 1.85. The van der Waals surface area contributed by atoms with Crippen LogP contribution in [0.15, 0.2) is 24.3 Å². The Bertz CT molecular complexity index is 294. The van der Waals surface area contributed by atoms with Gasteiger partial charge in [0.2, 0.25) is 0 Å². The van der Waals surface area contributed by atoms with E-state index in [1.807, 2.05) is 6.07 Å². The van der Waals surface area contributed by atoms with E-state index in [-0.39, 0.29) is 0 Å². The molecule has 0 amide bonds. The lowest BCUT2D eigenvalue weighted by molar-refractivity contribution is 0.198. The van der Waals surface area contributed by atoms with Crippen molar-refractivity contribution in [2.24, 2.45) is 5.92 Å². The third-order valence-corrected chi connectivity index (χ3v) is 2.69. The van der Waals surface area contributed by atoms with Crippen molar-refractivity contribution in [3.05, 3.63) is 29.8 Å². The van der Waals surface area contributed by atoms with Crippen molar-refractivity contribution < 1.29 is 4.74 Å². The standard InChI is InChI=1S/C12H17NO/c1-2-11-5-3-4-6-12(11)14-9-10-7-13-8-10/h3-6,10,13H,2,7-9H2,1H3. The molecule has 1 aromatic carbocycles. The van der Waals surface area contributed by atoms with E-state index in [2.05, 4.69) is 30.4 Å².